The van der Waals surface area contributed by atoms with Crippen molar-refractivity contribution in [3.8, 4) is 0 Å². The quantitative estimate of drug-likeness (QED) is 0.721. The molecule has 1 aromatic heterocycles. The summed E-state index contributed by atoms with van der Waals surface area (Å²) in [5, 5.41) is 0. The Morgan fingerprint density at radius 3 is 2.45 bits per heavy atom. The van der Waals surface area contributed by atoms with Crippen LogP contribution in [-0.4, -0.2) is 59.7 Å². The van der Waals surface area contributed by atoms with Crippen LogP contribution in [-0.2, 0) is 10.0 Å². The third-order valence-electron chi connectivity index (χ3n) is 6.07. The molecule has 166 valence electrons. The number of nitrogens with zero attached hydrogens (tertiary/aromatic N) is 4. The zero-order valence-corrected chi connectivity index (χ0v) is 18.4. The predicted molar refractivity (Wildman–Crippen MR) is 114 cm³/mol. The van der Waals surface area contributed by atoms with Crippen molar-refractivity contribution in [1.82, 2.24) is 19.2 Å². The summed E-state index contributed by atoms with van der Waals surface area (Å²) in [5.41, 5.74) is 1.14. The minimum atomic E-state index is -3.72. The van der Waals surface area contributed by atoms with Gasteiger partial charge in [0.05, 0.1) is 16.2 Å². The van der Waals surface area contributed by atoms with Crippen LogP contribution in [0.4, 0.5) is 4.39 Å². The van der Waals surface area contributed by atoms with E-state index < -0.39 is 15.8 Å². The Morgan fingerprint density at radius 2 is 1.77 bits per heavy atom. The molecule has 1 atom stereocenters. The lowest BCUT2D eigenvalue weighted by Gasteiger charge is -2.31. The highest BCUT2D eigenvalue weighted by molar-refractivity contribution is 7.89. The van der Waals surface area contributed by atoms with Crippen LogP contribution >= 0.6 is 0 Å². The van der Waals surface area contributed by atoms with Gasteiger partial charge in [-0.2, -0.15) is 4.31 Å². The van der Waals surface area contributed by atoms with E-state index in [9.17, 15) is 17.6 Å². The minimum absolute atomic E-state index is 0.0343. The largest absolute Gasteiger partial charge is 0.339 e. The van der Waals surface area contributed by atoms with Crippen molar-refractivity contribution in [2.24, 2.45) is 0 Å². The van der Waals surface area contributed by atoms with Gasteiger partial charge in [0.25, 0.3) is 5.91 Å². The molecular weight excluding hydrogens is 419 g/mol. The highest BCUT2D eigenvalue weighted by Gasteiger charge is 2.32. The molecule has 4 rings (SSSR count). The fourth-order valence-corrected chi connectivity index (χ4v) is 5.81. The number of sulfonamides is 1. The second kappa shape index (κ2) is 9.00. The summed E-state index contributed by atoms with van der Waals surface area (Å²) in [4.78, 5) is 23.8. The van der Waals surface area contributed by atoms with Gasteiger partial charge in [-0.15, -0.1) is 0 Å². The molecule has 7 nitrogen and oxygen atoms in total. The molecule has 0 bridgehead atoms. The monoisotopic (exact) mass is 446 g/mol. The van der Waals surface area contributed by atoms with E-state index in [0.717, 1.165) is 50.9 Å². The standard InChI is InChI=1S/C22H27FN4O3S/c1-16-20(22(28)26-11-3-2-4-12-26)14-24-21(25-16)17-6-5-13-27(15-17)31(29,30)19-9-7-18(23)8-10-19/h7-10,14,17H,2-6,11-13,15H2,1H3. The van der Waals surface area contributed by atoms with Gasteiger partial charge in [0.15, 0.2) is 0 Å². The molecule has 0 N–H and O–H groups in total. The van der Waals surface area contributed by atoms with Crippen LogP contribution in [0.2, 0.25) is 0 Å². The van der Waals surface area contributed by atoms with E-state index in [1.54, 1.807) is 13.1 Å². The molecule has 2 aromatic rings. The van der Waals surface area contributed by atoms with Gasteiger partial charge in [0, 0.05) is 38.3 Å². The molecule has 3 heterocycles. The Bertz CT molecular complexity index is 1050. The Kier molecular flexibility index (Phi) is 6.34. The van der Waals surface area contributed by atoms with Crippen molar-refractivity contribution in [2.75, 3.05) is 26.2 Å². The molecular formula is C22H27FN4O3S. The molecule has 1 aromatic carbocycles. The number of piperidine rings is 2. The third-order valence-corrected chi connectivity index (χ3v) is 7.95. The van der Waals surface area contributed by atoms with E-state index in [4.69, 9.17) is 0 Å². The number of benzene rings is 1. The van der Waals surface area contributed by atoms with Crippen LogP contribution in [0.25, 0.3) is 0 Å². The summed E-state index contributed by atoms with van der Waals surface area (Å²) in [5.74, 6) is -0.0973. The highest BCUT2D eigenvalue weighted by atomic mass is 32.2. The van der Waals surface area contributed by atoms with Crippen molar-refractivity contribution >= 4 is 15.9 Å². The number of hydrogen-bond donors (Lipinski definition) is 0. The molecule has 1 amide bonds. The van der Waals surface area contributed by atoms with E-state index in [1.165, 1.54) is 16.4 Å². The van der Waals surface area contributed by atoms with Crippen LogP contribution in [0.3, 0.4) is 0 Å². The maximum atomic E-state index is 13.2. The van der Waals surface area contributed by atoms with Crippen LogP contribution in [0.1, 0.15) is 59.9 Å². The van der Waals surface area contributed by atoms with E-state index >= 15 is 0 Å². The molecule has 1 unspecified atom stereocenters. The van der Waals surface area contributed by atoms with Crippen molar-refractivity contribution in [3.05, 3.63) is 53.4 Å². The minimum Gasteiger partial charge on any atom is -0.339 e. The number of carbonyl (C=O) groups excluding carboxylic acids is 1. The highest BCUT2D eigenvalue weighted by Crippen LogP contribution is 2.29. The first-order valence-electron chi connectivity index (χ1n) is 10.7. The molecule has 0 radical (unpaired) electrons. The lowest BCUT2D eigenvalue weighted by Crippen LogP contribution is -2.39. The molecule has 2 saturated heterocycles. The van der Waals surface area contributed by atoms with Gasteiger partial charge < -0.3 is 4.90 Å². The van der Waals surface area contributed by atoms with Crippen LogP contribution in [0.15, 0.2) is 35.4 Å². The number of carbonyl (C=O) groups is 1. The fourth-order valence-electron chi connectivity index (χ4n) is 4.29. The van der Waals surface area contributed by atoms with Gasteiger partial charge in [-0.1, -0.05) is 0 Å². The van der Waals surface area contributed by atoms with Crippen molar-refractivity contribution < 1.29 is 17.6 Å². The summed E-state index contributed by atoms with van der Waals surface area (Å²) in [6.07, 6.45) is 6.23. The van der Waals surface area contributed by atoms with Gasteiger partial charge in [0.2, 0.25) is 10.0 Å². The topological polar surface area (TPSA) is 83.5 Å². The van der Waals surface area contributed by atoms with E-state index in [2.05, 4.69) is 9.97 Å². The van der Waals surface area contributed by atoms with Crippen LogP contribution < -0.4 is 0 Å². The van der Waals surface area contributed by atoms with Gasteiger partial charge >= 0.3 is 0 Å². The number of likely N-dealkylation sites (tertiary alicyclic amines) is 1. The van der Waals surface area contributed by atoms with Gasteiger partial charge in [-0.05, 0) is 63.3 Å². The number of rotatable bonds is 4. The lowest BCUT2D eigenvalue weighted by atomic mass is 9.98. The Hall–Kier alpha value is -2.39. The summed E-state index contributed by atoms with van der Waals surface area (Å²) < 4.78 is 40.6. The molecule has 9 heteroatoms. The maximum Gasteiger partial charge on any atom is 0.257 e. The number of aromatic nitrogens is 2. The van der Waals surface area contributed by atoms with E-state index in [0.29, 0.717) is 30.0 Å². The fraction of sp³-hybridized carbons (Fsp3) is 0.500. The number of amides is 1. The van der Waals surface area contributed by atoms with E-state index in [-0.39, 0.29) is 23.3 Å². The second-order valence-corrected chi connectivity index (χ2v) is 10.2. The van der Waals surface area contributed by atoms with E-state index in [1.807, 2.05) is 4.90 Å². The second-order valence-electron chi connectivity index (χ2n) is 8.24. The number of hydrogen-bond acceptors (Lipinski definition) is 5. The van der Waals surface area contributed by atoms with Gasteiger partial charge in [0.1, 0.15) is 11.6 Å². The van der Waals surface area contributed by atoms with Crippen LogP contribution in [0, 0.1) is 12.7 Å². The molecule has 0 spiro atoms. The molecule has 0 saturated carbocycles. The maximum absolute atomic E-state index is 13.2. The van der Waals surface area contributed by atoms with Crippen molar-refractivity contribution in [3.63, 3.8) is 0 Å². The summed E-state index contributed by atoms with van der Waals surface area (Å²) in [6.45, 7) is 4.00. The predicted octanol–water partition coefficient (Wildman–Crippen LogP) is 3.12. The summed E-state index contributed by atoms with van der Waals surface area (Å²) >= 11 is 0. The summed E-state index contributed by atoms with van der Waals surface area (Å²) in [6, 6.07) is 4.88. The summed E-state index contributed by atoms with van der Waals surface area (Å²) in [7, 11) is -3.72. The number of halogens is 1. The van der Waals surface area contributed by atoms with Crippen molar-refractivity contribution in [1.29, 1.82) is 0 Å². The van der Waals surface area contributed by atoms with Gasteiger partial charge in [-0.3, -0.25) is 4.79 Å². The first-order chi connectivity index (χ1) is 14.9. The zero-order chi connectivity index (χ0) is 22.0. The molecule has 0 aliphatic carbocycles. The lowest BCUT2D eigenvalue weighted by molar-refractivity contribution is 0.0722. The molecule has 2 aliphatic heterocycles. The Morgan fingerprint density at radius 1 is 1.06 bits per heavy atom. The third kappa shape index (κ3) is 4.62. The molecule has 2 aliphatic rings. The van der Waals surface area contributed by atoms with Crippen LogP contribution in [0.5, 0.6) is 0 Å². The van der Waals surface area contributed by atoms with Crippen molar-refractivity contribution in [2.45, 2.75) is 49.8 Å². The first kappa shape index (κ1) is 21.8. The SMILES string of the molecule is Cc1nc(C2CCCN(S(=O)(=O)c3ccc(F)cc3)C2)ncc1C(=O)N1CCCCC1. The average Bonchev–Trinajstić information content (AvgIpc) is 2.79. The smallest absolute Gasteiger partial charge is 0.257 e. The normalized spacial score (nSPS) is 20.6. The first-order valence-corrected chi connectivity index (χ1v) is 12.2. The Balaban J connectivity index is 1.51. The average molecular weight is 447 g/mol. The van der Waals surface area contributed by atoms with Gasteiger partial charge in [-0.25, -0.2) is 22.8 Å². The Labute approximate surface area is 182 Å². The zero-order valence-electron chi connectivity index (χ0n) is 17.6. The molecule has 2 fully saturated rings. The molecule has 31 heavy (non-hydrogen) atoms. The number of aryl methyl sites for hydroxylation is 1.